The number of nitrogens with zero attached hydrogens (tertiary/aromatic N) is 1. The van der Waals surface area contributed by atoms with Crippen molar-refractivity contribution in [3.05, 3.63) is 36.0 Å². The number of pyridine rings is 1. The molecule has 1 aromatic carbocycles. The van der Waals surface area contributed by atoms with Crippen LogP contribution in [-0.2, 0) is 0 Å². The molecule has 0 spiro atoms. The number of benzene rings is 1. The summed E-state index contributed by atoms with van der Waals surface area (Å²) in [6.45, 7) is 0.413. The van der Waals surface area contributed by atoms with Crippen LogP contribution < -0.4 is 16.2 Å². The first kappa shape index (κ1) is 10.9. The van der Waals surface area contributed by atoms with Gasteiger partial charge in [0.25, 0.3) is 0 Å². The van der Waals surface area contributed by atoms with E-state index in [9.17, 15) is 0 Å². The van der Waals surface area contributed by atoms with E-state index in [1.54, 1.807) is 13.3 Å². The number of fused-ring (bicyclic) bond motifs is 1. The second-order valence-corrected chi connectivity index (χ2v) is 3.60. The summed E-state index contributed by atoms with van der Waals surface area (Å²) < 4.78 is 5.26. The van der Waals surface area contributed by atoms with Crippen molar-refractivity contribution in [1.82, 2.24) is 4.98 Å². The first-order valence-corrected chi connectivity index (χ1v) is 5.15. The number of rotatable bonds is 3. The zero-order chi connectivity index (χ0) is 11.5. The first-order chi connectivity index (χ1) is 7.77. The van der Waals surface area contributed by atoms with Crippen LogP contribution in [0.25, 0.3) is 10.9 Å². The molecule has 0 aliphatic heterocycles. The summed E-state index contributed by atoms with van der Waals surface area (Å²) in [5.74, 6) is 0.753. The van der Waals surface area contributed by atoms with Crippen molar-refractivity contribution in [3.8, 4) is 5.75 Å². The van der Waals surface area contributed by atoms with Gasteiger partial charge < -0.3 is 16.2 Å². The Morgan fingerprint density at radius 1 is 1.38 bits per heavy atom. The van der Waals surface area contributed by atoms with Crippen LogP contribution in [0.1, 0.15) is 11.6 Å². The minimum atomic E-state index is -0.169. The summed E-state index contributed by atoms with van der Waals surface area (Å²) in [5.41, 5.74) is 13.4. The van der Waals surface area contributed by atoms with Gasteiger partial charge in [-0.15, -0.1) is 0 Å². The third kappa shape index (κ3) is 1.73. The van der Waals surface area contributed by atoms with Gasteiger partial charge in [-0.05, 0) is 17.7 Å². The lowest BCUT2D eigenvalue weighted by atomic mass is 10.0. The highest BCUT2D eigenvalue weighted by Crippen LogP contribution is 2.28. The third-order valence-corrected chi connectivity index (χ3v) is 2.64. The predicted molar refractivity (Wildman–Crippen MR) is 64.3 cm³/mol. The van der Waals surface area contributed by atoms with Gasteiger partial charge in [0, 0.05) is 24.2 Å². The summed E-state index contributed by atoms with van der Waals surface area (Å²) in [6, 6.07) is 7.52. The maximum Gasteiger partial charge on any atom is 0.145 e. The molecular weight excluding hydrogens is 202 g/mol. The molecule has 0 unspecified atom stereocenters. The number of hydrogen-bond donors (Lipinski definition) is 2. The Hall–Kier alpha value is -1.65. The molecule has 0 amide bonds. The summed E-state index contributed by atoms with van der Waals surface area (Å²) in [4.78, 5) is 4.31. The zero-order valence-corrected chi connectivity index (χ0v) is 9.18. The monoisotopic (exact) mass is 217 g/mol. The topological polar surface area (TPSA) is 74.2 Å². The molecule has 2 rings (SSSR count). The van der Waals surface area contributed by atoms with Gasteiger partial charge in [-0.2, -0.15) is 0 Å². The van der Waals surface area contributed by atoms with Crippen LogP contribution in [0.5, 0.6) is 5.75 Å². The van der Waals surface area contributed by atoms with Crippen LogP contribution in [0.2, 0.25) is 0 Å². The lowest BCUT2D eigenvalue weighted by Gasteiger charge is -2.13. The fourth-order valence-electron chi connectivity index (χ4n) is 1.78. The van der Waals surface area contributed by atoms with Gasteiger partial charge >= 0.3 is 0 Å². The molecule has 0 aliphatic carbocycles. The molecule has 1 atom stereocenters. The zero-order valence-electron chi connectivity index (χ0n) is 9.18. The summed E-state index contributed by atoms with van der Waals surface area (Å²) >= 11 is 0. The van der Waals surface area contributed by atoms with E-state index in [0.717, 1.165) is 22.2 Å². The Bertz CT molecular complexity index is 499. The lowest BCUT2D eigenvalue weighted by Crippen LogP contribution is -2.21. The quantitative estimate of drug-likeness (QED) is 0.810. The van der Waals surface area contributed by atoms with E-state index in [2.05, 4.69) is 4.98 Å². The maximum atomic E-state index is 5.96. The molecule has 1 heterocycles. The normalized spacial score (nSPS) is 12.7. The van der Waals surface area contributed by atoms with Crippen molar-refractivity contribution in [3.63, 3.8) is 0 Å². The number of ether oxygens (including phenoxy) is 1. The van der Waals surface area contributed by atoms with Crippen molar-refractivity contribution in [2.24, 2.45) is 11.5 Å². The molecule has 84 valence electrons. The minimum absolute atomic E-state index is 0.169. The number of aromatic nitrogens is 1. The van der Waals surface area contributed by atoms with Crippen LogP contribution in [0, 0.1) is 0 Å². The Morgan fingerprint density at radius 3 is 2.88 bits per heavy atom. The van der Waals surface area contributed by atoms with E-state index in [-0.39, 0.29) is 6.04 Å². The molecule has 0 bridgehead atoms. The van der Waals surface area contributed by atoms with E-state index in [1.807, 2.05) is 24.3 Å². The minimum Gasteiger partial charge on any atom is -0.494 e. The molecule has 0 saturated carbocycles. The lowest BCUT2D eigenvalue weighted by molar-refractivity contribution is 0.418. The van der Waals surface area contributed by atoms with Crippen molar-refractivity contribution in [2.45, 2.75) is 6.04 Å². The average Bonchev–Trinajstić information content (AvgIpc) is 2.36. The first-order valence-electron chi connectivity index (χ1n) is 5.15. The van der Waals surface area contributed by atoms with Gasteiger partial charge in [-0.3, -0.25) is 4.98 Å². The van der Waals surface area contributed by atoms with Crippen LogP contribution in [-0.4, -0.2) is 18.6 Å². The van der Waals surface area contributed by atoms with Crippen LogP contribution in [0.3, 0.4) is 0 Å². The van der Waals surface area contributed by atoms with E-state index < -0.39 is 0 Å². The van der Waals surface area contributed by atoms with Crippen molar-refractivity contribution < 1.29 is 4.74 Å². The SMILES string of the molecule is COc1ccc([C@H](N)CN)c2cccnc12. The van der Waals surface area contributed by atoms with E-state index in [4.69, 9.17) is 16.2 Å². The summed E-state index contributed by atoms with van der Waals surface area (Å²) in [5, 5.41) is 1.000. The largest absolute Gasteiger partial charge is 0.494 e. The highest BCUT2D eigenvalue weighted by Gasteiger charge is 2.11. The van der Waals surface area contributed by atoms with Gasteiger partial charge in [0.2, 0.25) is 0 Å². The van der Waals surface area contributed by atoms with E-state index in [1.165, 1.54) is 0 Å². The number of methoxy groups -OCH3 is 1. The fourth-order valence-corrected chi connectivity index (χ4v) is 1.78. The van der Waals surface area contributed by atoms with Gasteiger partial charge in [-0.25, -0.2) is 0 Å². The Balaban J connectivity index is 2.69. The number of hydrogen-bond acceptors (Lipinski definition) is 4. The molecule has 0 radical (unpaired) electrons. The standard InChI is InChI=1S/C12H15N3O/c1-16-11-5-4-8(10(14)7-13)9-3-2-6-15-12(9)11/h2-6,10H,7,13-14H2,1H3/t10-/m1/s1. The third-order valence-electron chi connectivity index (χ3n) is 2.64. The molecule has 2 aromatic rings. The van der Waals surface area contributed by atoms with Gasteiger partial charge in [0.05, 0.1) is 7.11 Å². The maximum absolute atomic E-state index is 5.96. The van der Waals surface area contributed by atoms with Crippen LogP contribution in [0.4, 0.5) is 0 Å². The molecule has 0 fully saturated rings. The smallest absolute Gasteiger partial charge is 0.145 e. The Labute approximate surface area is 94.2 Å². The second kappa shape index (κ2) is 4.47. The molecule has 0 saturated heterocycles. The fraction of sp³-hybridized carbons (Fsp3) is 0.250. The number of nitrogens with two attached hydrogens (primary N) is 2. The molecule has 4 nitrogen and oxygen atoms in total. The van der Waals surface area contributed by atoms with Crippen LogP contribution >= 0.6 is 0 Å². The molecule has 1 aromatic heterocycles. The summed E-state index contributed by atoms with van der Waals surface area (Å²) in [6.07, 6.45) is 1.74. The summed E-state index contributed by atoms with van der Waals surface area (Å²) in [7, 11) is 1.63. The highest BCUT2D eigenvalue weighted by molar-refractivity contribution is 5.87. The van der Waals surface area contributed by atoms with Gasteiger partial charge in [0.15, 0.2) is 0 Å². The molecule has 16 heavy (non-hydrogen) atoms. The van der Waals surface area contributed by atoms with Crippen molar-refractivity contribution in [2.75, 3.05) is 13.7 Å². The van der Waals surface area contributed by atoms with Gasteiger partial charge in [0.1, 0.15) is 11.3 Å². The Morgan fingerprint density at radius 2 is 2.19 bits per heavy atom. The molecule has 4 N–H and O–H groups in total. The van der Waals surface area contributed by atoms with E-state index in [0.29, 0.717) is 6.54 Å². The Kier molecular flexibility index (Phi) is 3.03. The average molecular weight is 217 g/mol. The molecular formula is C12H15N3O. The van der Waals surface area contributed by atoms with E-state index >= 15 is 0 Å². The predicted octanol–water partition coefficient (Wildman–Crippen LogP) is 1.20. The van der Waals surface area contributed by atoms with Crippen molar-refractivity contribution >= 4 is 10.9 Å². The van der Waals surface area contributed by atoms with Gasteiger partial charge in [-0.1, -0.05) is 12.1 Å². The molecule has 0 aliphatic rings. The van der Waals surface area contributed by atoms with Crippen molar-refractivity contribution in [1.29, 1.82) is 0 Å². The second-order valence-electron chi connectivity index (χ2n) is 3.60. The molecule has 4 heteroatoms. The highest BCUT2D eigenvalue weighted by atomic mass is 16.5. The van der Waals surface area contributed by atoms with Crippen LogP contribution in [0.15, 0.2) is 30.5 Å².